The predicted molar refractivity (Wildman–Crippen MR) is 126 cm³/mol. The molecule has 3 aliphatic rings. The average molecular weight is 511 g/mol. The highest BCUT2D eigenvalue weighted by Gasteiger charge is 2.71. The van der Waals surface area contributed by atoms with E-state index in [-0.39, 0.29) is 47.9 Å². The minimum atomic E-state index is -1.60. The summed E-state index contributed by atoms with van der Waals surface area (Å²) < 4.78 is 15.4. The number of rotatable bonds is 6. The van der Waals surface area contributed by atoms with Crippen LogP contribution in [0.3, 0.4) is 0 Å². The molecule has 0 radical (unpaired) electrons. The smallest absolute Gasteiger partial charge is 0.251 e. The molecular weight excluding hydrogens is 486 g/mol. The summed E-state index contributed by atoms with van der Waals surface area (Å²) in [6, 6.07) is 5.29. The summed E-state index contributed by atoms with van der Waals surface area (Å²) in [5.74, 6) is -2.06. The van der Waals surface area contributed by atoms with E-state index in [1.54, 1.807) is 11.0 Å². The maximum atomic E-state index is 15.4. The maximum Gasteiger partial charge on any atom is 0.251 e. The lowest BCUT2D eigenvalue weighted by atomic mass is 9.74. The second-order valence-electron chi connectivity index (χ2n) is 8.82. The average Bonchev–Trinajstić information content (AvgIpc) is 3.48. The summed E-state index contributed by atoms with van der Waals surface area (Å²) in [6.45, 7) is 0.0908. The first-order chi connectivity index (χ1) is 15.8. The molecule has 0 bridgehead atoms. The van der Waals surface area contributed by atoms with Crippen LogP contribution in [0.2, 0.25) is 10.2 Å². The molecule has 34 heavy (non-hydrogen) atoms. The van der Waals surface area contributed by atoms with E-state index >= 15 is 4.39 Å². The topological polar surface area (TPSA) is 109 Å². The van der Waals surface area contributed by atoms with Crippen molar-refractivity contribution in [3.8, 4) is 0 Å². The number of aliphatic hydroxyl groups is 1. The Morgan fingerprint density at radius 3 is 2.68 bits per heavy atom. The number of fused-ring (bicyclic) bond motifs is 2. The minimum absolute atomic E-state index is 0. The fourth-order valence-corrected chi connectivity index (χ4v) is 5.93. The molecule has 182 valence electrons. The van der Waals surface area contributed by atoms with Gasteiger partial charge in [0.05, 0.1) is 17.0 Å². The molecule has 8 nitrogen and oxygen atoms in total. The molecule has 1 aliphatic carbocycles. The molecular formula is C23H25Cl2FN4O4. The fraction of sp³-hybridized carbons (Fsp3) is 0.478. The Bertz CT molecular complexity index is 1150. The van der Waals surface area contributed by atoms with E-state index in [0.29, 0.717) is 12.1 Å². The number of amides is 1. The van der Waals surface area contributed by atoms with Gasteiger partial charge in [-0.05, 0) is 43.4 Å². The largest absolute Gasteiger partial charge is 0.396 e. The monoisotopic (exact) mass is 510 g/mol. The van der Waals surface area contributed by atoms with Gasteiger partial charge in [-0.15, -0.1) is 0 Å². The summed E-state index contributed by atoms with van der Waals surface area (Å²) >= 11 is 12.1. The normalized spacial score (nSPS) is 28.0. The van der Waals surface area contributed by atoms with Gasteiger partial charge in [0.1, 0.15) is 22.3 Å². The first-order valence-corrected chi connectivity index (χ1v) is 11.5. The van der Waals surface area contributed by atoms with Gasteiger partial charge in [-0.3, -0.25) is 19.8 Å². The van der Waals surface area contributed by atoms with Crippen LogP contribution in [0.4, 0.5) is 10.2 Å². The molecule has 1 aromatic carbocycles. The van der Waals surface area contributed by atoms with Crippen LogP contribution in [-0.4, -0.2) is 51.1 Å². The van der Waals surface area contributed by atoms with Gasteiger partial charge in [0.2, 0.25) is 6.04 Å². The van der Waals surface area contributed by atoms with E-state index in [4.69, 9.17) is 23.2 Å². The molecule has 4 atom stereocenters. The molecule has 0 unspecified atom stereocenters. The van der Waals surface area contributed by atoms with Crippen LogP contribution in [0.15, 0.2) is 30.3 Å². The van der Waals surface area contributed by atoms with Crippen molar-refractivity contribution in [2.45, 2.75) is 50.2 Å². The van der Waals surface area contributed by atoms with Crippen molar-refractivity contribution in [2.24, 2.45) is 5.92 Å². The standard InChI is InChI=1S/C22H21Cl2FN4O4.CH4/c23-14-3-1-2-12(18(14)25)17-19(29(32)33)15(8-9-30)28(10-11-4-5-11)22(17)13-6-7-16(24)26-20(13)27-21(22)31;/h1-3,6-7,11,15,17,19,30H,4-5,8-10H2,(H,26,27,31);1H4/t15-,17-,19+,22+;/m0./s1. The number of anilines is 1. The molecule has 1 spiro atoms. The second-order valence-corrected chi connectivity index (χ2v) is 9.62. The molecule has 1 amide bonds. The number of pyridine rings is 1. The molecule has 1 saturated carbocycles. The Hall–Kier alpha value is -2.33. The SMILES string of the molecule is C.O=C1Nc2nc(Cl)ccc2[C@@]12[C@@H](c1cccc(Cl)c1F)[C@H]([N+](=O)[O-])[C@H](CCO)N2CC1CC1. The number of nitrogens with one attached hydrogen (secondary N) is 1. The molecule has 3 heterocycles. The van der Waals surface area contributed by atoms with Gasteiger partial charge in [0.25, 0.3) is 5.91 Å². The van der Waals surface area contributed by atoms with E-state index in [2.05, 4.69) is 10.3 Å². The maximum absolute atomic E-state index is 15.4. The highest BCUT2D eigenvalue weighted by molar-refractivity contribution is 6.30. The third-order valence-corrected chi connectivity index (χ3v) is 7.53. The first-order valence-electron chi connectivity index (χ1n) is 10.7. The van der Waals surface area contributed by atoms with Crippen LogP contribution in [0.1, 0.15) is 43.7 Å². The summed E-state index contributed by atoms with van der Waals surface area (Å²) in [7, 11) is 0. The van der Waals surface area contributed by atoms with Crippen LogP contribution in [0, 0.1) is 21.8 Å². The van der Waals surface area contributed by atoms with Gasteiger partial charge in [0.15, 0.2) is 0 Å². The van der Waals surface area contributed by atoms with Gasteiger partial charge < -0.3 is 10.4 Å². The second kappa shape index (κ2) is 9.03. The number of aliphatic hydroxyl groups excluding tert-OH is 1. The zero-order valence-electron chi connectivity index (χ0n) is 17.4. The van der Waals surface area contributed by atoms with Crippen LogP contribution in [0.25, 0.3) is 0 Å². The van der Waals surface area contributed by atoms with Crippen LogP contribution >= 0.6 is 23.2 Å². The van der Waals surface area contributed by atoms with Gasteiger partial charge in [-0.2, -0.15) is 0 Å². The third-order valence-electron chi connectivity index (χ3n) is 7.03. The van der Waals surface area contributed by atoms with Gasteiger partial charge in [0, 0.05) is 29.2 Å². The van der Waals surface area contributed by atoms with Crippen molar-refractivity contribution in [3.05, 3.63) is 67.6 Å². The van der Waals surface area contributed by atoms with Crippen LogP contribution in [0.5, 0.6) is 0 Å². The number of hydrogen-bond acceptors (Lipinski definition) is 6. The van der Waals surface area contributed by atoms with E-state index in [9.17, 15) is 20.0 Å². The lowest BCUT2D eigenvalue weighted by Crippen LogP contribution is -2.52. The van der Waals surface area contributed by atoms with E-state index in [0.717, 1.165) is 12.8 Å². The van der Waals surface area contributed by atoms with Gasteiger partial charge in [-0.25, -0.2) is 9.37 Å². The van der Waals surface area contributed by atoms with Crippen molar-refractivity contribution in [3.63, 3.8) is 0 Å². The predicted octanol–water partition coefficient (Wildman–Crippen LogP) is 4.22. The number of aromatic nitrogens is 1. The molecule has 1 aromatic heterocycles. The quantitative estimate of drug-likeness (QED) is 0.342. The highest BCUT2D eigenvalue weighted by atomic mass is 35.5. The number of likely N-dealkylation sites (tertiary alicyclic amines) is 1. The zero-order valence-corrected chi connectivity index (χ0v) is 18.9. The number of nitro groups is 1. The minimum Gasteiger partial charge on any atom is -0.396 e. The molecule has 2 aromatic rings. The molecule has 2 N–H and O–H groups in total. The highest BCUT2D eigenvalue weighted by Crippen LogP contribution is 2.59. The van der Waals surface area contributed by atoms with Crippen molar-refractivity contribution in [1.82, 2.24) is 9.88 Å². The third kappa shape index (κ3) is 3.57. The van der Waals surface area contributed by atoms with E-state index in [1.807, 2.05) is 0 Å². The molecule has 11 heteroatoms. The molecule has 5 rings (SSSR count). The number of halogens is 3. The Kier molecular flexibility index (Phi) is 6.58. The fourth-order valence-electron chi connectivity index (χ4n) is 5.60. The molecule has 1 saturated heterocycles. The summed E-state index contributed by atoms with van der Waals surface area (Å²) in [5.41, 5.74) is -1.20. The Balaban J connectivity index is 0.00000274. The Labute approximate surface area is 206 Å². The number of nitrogens with zero attached hydrogens (tertiary/aromatic N) is 3. The van der Waals surface area contributed by atoms with E-state index in [1.165, 1.54) is 24.3 Å². The van der Waals surface area contributed by atoms with E-state index < -0.39 is 40.2 Å². The van der Waals surface area contributed by atoms with Crippen LogP contribution < -0.4 is 5.32 Å². The Morgan fingerprint density at radius 1 is 1.29 bits per heavy atom. The summed E-state index contributed by atoms with van der Waals surface area (Å²) in [6.07, 6.45) is 1.93. The number of benzene rings is 1. The van der Waals surface area contributed by atoms with Crippen molar-refractivity contribution >= 4 is 34.9 Å². The van der Waals surface area contributed by atoms with Crippen molar-refractivity contribution in [2.75, 3.05) is 18.5 Å². The van der Waals surface area contributed by atoms with Gasteiger partial charge in [-0.1, -0.05) is 42.8 Å². The zero-order chi connectivity index (χ0) is 23.5. The van der Waals surface area contributed by atoms with Crippen molar-refractivity contribution < 1.29 is 19.2 Å². The number of hydrogen-bond donors (Lipinski definition) is 2. The van der Waals surface area contributed by atoms with Gasteiger partial charge >= 0.3 is 0 Å². The lowest BCUT2D eigenvalue weighted by Gasteiger charge is -2.38. The summed E-state index contributed by atoms with van der Waals surface area (Å²) in [4.78, 5) is 31.9. The lowest BCUT2D eigenvalue weighted by molar-refractivity contribution is -0.528. The Morgan fingerprint density at radius 2 is 2.03 bits per heavy atom. The molecule has 2 aliphatic heterocycles. The number of carbonyl (C=O) groups excluding carboxylic acids is 1. The summed E-state index contributed by atoms with van der Waals surface area (Å²) in [5, 5.41) is 25.0. The first kappa shape index (κ1) is 24.8. The van der Waals surface area contributed by atoms with Crippen molar-refractivity contribution in [1.29, 1.82) is 0 Å². The van der Waals surface area contributed by atoms with Crippen LogP contribution in [-0.2, 0) is 10.3 Å². The number of carbonyl (C=O) groups is 1. The molecule has 2 fully saturated rings.